The van der Waals surface area contributed by atoms with Gasteiger partial charge >= 0.3 is 0 Å². The van der Waals surface area contributed by atoms with Gasteiger partial charge in [-0.3, -0.25) is 0 Å². The molecule has 0 radical (unpaired) electrons. The van der Waals surface area contributed by atoms with Crippen LogP contribution >= 0.6 is 11.6 Å². The van der Waals surface area contributed by atoms with Crippen molar-refractivity contribution in [2.24, 2.45) is 0 Å². The highest BCUT2D eigenvalue weighted by Crippen LogP contribution is 2.36. The van der Waals surface area contributed by atoms with Crippen LogP contribution in [0.4, 0.5) is 0 Å². The zero-order valence-corrected chi connectivity index (χ0v) is 13.0. The van der Waals surface area contributed by atoms with Crippen LogP contribution in [-0.2, 0) is 5.41 Å². The SMILES string of the molecule is CCCC1(c2nc(-c3ccccc3Cl)no2)CCCNC1. The fraction of sp³-hybridized carbons (Fsp3) is 0.500. The Kier molecular flexibility index (Phi) is 4.27. The van der Waals surface area contributed by atoms with Gasteiger partial charge in [0.25, 0.3) is 0 Å². The molecule has 1 atom stereocenters. The van der Waals surface area contributed by atoms with E-state index < -0.39 is 0 Å². The van der Waals surface area contributed by atoms with Gasteiger partial charge in [0.1, 0.15) is 0 Å². The third-order valence-electron chi connectivity index (χ3n) is 4.20. The number of piperidine rings is 1. The van der Waals surface area contributed by atoms with Crippen molar-refractivity contribution in [3.05, 3.63) is 35.2 Å². The molecule has 1 aliphatic rings. The Labute approximate surface area is 129 Å². The van der Waals surface area contributed by atoms with E-state index in [0.717, 1.165) is 50.2 Å². The molecule has 0 aliphatic carbocycles. The van der Waals surface area contributed by atoms with Crippen molar-refractivity contribution >= 4 is 11.6 Å². The van der Waals surface area contributed by atoms with Crippen molar-refractivity contribution in [1.29, 1.82) is 0 Å². The van der Waals surface area contributed by atoms with E-state index in [1.165, 1.54) is 0 Å². The summed E-state index contributed by atoms with van der Waals surface area (Å²) in [6, 6.07) is 7.59. The first kappa shape index (κ1) is 14.5. The van der Waals surface area contributed by atoms with Gasteiger partial charge in [0.15, 0.2) is 0 Å². The van der Waals surface area contributed by atoms with Crippen molar-refractivity contribution in [2.45, 2.75) is 38.0 Å². The van der Waals surface area contributed by atoms with Crippen molar-refractivity contribution in [1.82, 2.24) is 15.5 Å². The van der Waals surface area contributed by atoms with Crippen molar-refractivity contribution in [2.75, 3.05) is 13.1 Å². The highest BCUT2D eigenvalue weighted by atomic mass is 35.5. The Bertz CT molecular complexity index is 600. The third-order valence-corrected chi connectivity index (χ3v) is 4.52. The van der Waals surface area contributed by atoms with Gasteiger partial charge in [0.2, 0.25) is 11.7 Å². The molecule has 21 heavy (non-hydrogen) atoms. The molecule has 2 aromatic rings. The predicted octanol–water partition coefficient (Wildman–Crippen LogP) is 3.81. The Morgan fingerprint density at radius 1 is 1.38 bits per heavy atom. The zero-order chi connectivity index (χ0) is 14.7. The zero-order valence-electron chi connectivity index (χ0n) is 12.2. The first-order valence-electron chi connectivity index (χ1n) is 7.55. The number of aromatic nitrogens is 2. The van der Waals surface area contributed by atoms with Crippen LogP contribution in [0.15, 0.2) is 28.8 Å². The Morgan fingerprint density at radius 3 is 2.95 bits per heavy atom. The smallest absolute Gasteiger partial charge is 0.234 e. The topological polar surface area (TPSA) is 51.0 Å². The van der Waals surface area contributed by atoms with Gasteiger partial charge < -0.3 is 9.84 Å². The quantitative estimate of drug-likeness (QED) is 0.933. The molecule has 0 saturated carbocycles. The maximum Gasteiger partial charge on any atom is 0.234 e. The van der Waals surface area contributed by atoms with Crippen molar-refractivity contribution in [3.63, 3.8) is 0 Å². The predicted molar refractivity (Wildman–Crippen MR) is 83.4 cm³/mol. The van der Waals surface area contributed by atoms with E-state index in [-0.39, 0.29) is 5.41 Å². The Balaban J connectivity index is 1.94. The number of rotatable bonds is 4. The number of nitrogens with one attached hydrogen (secondary N) is 1. The molecule has 1 aliphatic heterocycles. The monoisotopic (exact) mass is 305 g/mol. The van der Waals surface area contributed by atoms with E-state index in [1.54, 1.807) is 0 Å². The molecule has 1 saturated heterocycles. The minimum absolute atomic E-state index is 0.0283. The number of hydrogen-bond acceptors (Lipinski definition) is 4. The summed E-state index contributed by atoms with van der Waals surface area (Å²) >= 11 is 6.22. The molecule has 1 N–H and O–H groups in total. The van der Waals surface area contributed by atoms with Crippen LogP contribution in [-0.4, -0.2) is 23.2 Å². The summed E-state index contributed by atoms with van der Waals surface area (Å²) in [4.78, 5) is 4.65. The Hall–Kier alpha value is -1.39. The maximum absolute atomic E-state index is 6.22. The third kappa shape index (κ3) is 2.83. The summed E-state index contributed by atoms with van der Waals surface area (Å²) in [7, 11) is 0. The maximum atomic E-state index is 6.22. The van der Waals surface area contributed by atoms with Gasteiger partial charge in [-0.05, 0) is 37.9 Å². The summed E-state index contributed by atoms with van der Waals surface area (Å²) in [6.07, 6.45) is 4.40. The average Bonchev–Trinajstić information content (AvgIpc) is 2.99. The first-order valence-corrected chi connectivity index (χ1v) is 7.93. The van der Waals surface area contributed by atoms with Crippen LogP contribution in [0.1, 0.15) is 38.5 Å². The lowest BCUT2D eigenvalue weighted by Crippen LogP contribution is -2.43. The molecule has 5 heteroatoms. The minimum atomic E-state index is -0.0283. The number of nitrogens with zero attached hydrogens (tertiary/aromatic N) is 2. The lowest BCUT2D eigenvalue weighted by atomic mass is 9.77. The number of hydrogen-bond donors (Lipinski definition) is 1. The summed E-state index contributed by atoms with van der Waals surface area (Å²) in [6.45, 7) is 4.17. The van der Waals surface area contributed by atoms with E-state index >= 15 is 0 Å². The normalized spacial score (nSPS) is 22.4. The fourth-order valence-electron chi connectivity index (χ4n) is 3.14. The number of benzene rings is 1. The molecule has 2 heterocycles. The molecule has 112 valence electrons. The van der Waals surface area contributed by atoms with Crippen molar-refractivity contribution < 1.29 is 4.52 Å². The average molecular weight is 306 g/mol. The van der Waals surface area contributed by atoms with Gasteiger partial charge in [-0.15, -0.1) is 0 Å². The highest BCUT2D eigenvalue weighted by Gasteiger charge is 2.38. The van der Waals surface area contributed by atoms with E-state index in [4.69, 9.17) is 16.1 Å². The van der Waals surface area contributed by atoms with Gasteiger partial charge in [0, 0.05) is 12.1 Å². The molecule has 0 bridgehead atoms. The largest absolute Gasteiger partial charge is 0.338 e. The molecule has 0 spiro atoms. The second kappa shape index (κ2) is 6.16. The van der Waals surface area contributed by atoms with E-state index in [0.29, 0.717) is 10.8 Å². The number of halogens is 1. The molecule has 1 aromatic carbocycles. The highest BCUT2D eigenvalue weighted by molar-refractivity contribution is 6.33. The van der Waals surface area contributed by atoms with Gasteiger partial charge in [-0.1, -0.05) is 42.2 Å². The summed E-state index contributed by atoms with van der Waals surface area (Å²) in [5.41, 5.74) is 0.795. The van der Waals surface area contributed by atoms with Crippen LogP contribution in [0.5, 0.6) is 0 Å². The van der Waals surface area contributed by atoms with Gasteiger partial charge in [-0.2, -0.15) is 4.98 Å². The second-order valence-corrected chi connectivity index (χ2v) is 6.12. The standard InChI is InChI=1S/C16H20ClN3O/c1-2-8-16(9-5-10-18-11-16)15-19-14(20-21-15)12-6-3-4-7-13(12)17/h3-4,6-7,18H,2,5,8-11H2,1H3. The van der Waals surface area contributed by atoms with Crippen LogP contribution in [0.2, 0.25) is 5.02 Å². The second-order valence-electron chi connectivity index (χ2n) is 5.71. The molecule has 1 fully saturated rings. The molecule has 3 rings (SSSR count). The van der Waals surface area contributed by atoms with Crippen LogP contribution in [0.3, 0.4) is 0 Å². The molecular weight excluding hydrogens is 286 g/mol. The van der Waals surface area contributed by atoms with Gasteiger partial charge in [0.05, 0.1) is 10.4 Å². The van der Waals surface area contributed by atoms with Gasteiger partial charge in [-0.25, -0.2) is 0 Å². The lowest BCUT2D eigenvalue weighted by molar-refractivity contribution is 0.213. The van der Waals surface area contributed by atoms with Crippen molar-refractivity contribution in [3.8, 4) is 11.4 Å². The van der Waals surface area contributed by atoms with E-state index in [1.807, 2.05) is 24.3 Å². The van der Waals surface area contributed by atoms with E-state index in [9.17, 15) is 0 Å². The lowest BCUT2D eigenvalue weighted by Gasteiger charge is -2.34. The summed E-state index contributed by atoms with van der Waals surface area (Å²) < 4.78 is 5.61. The van der Waals surface area contributed by atoms with E-state index in [2.05, 4.69) is 22.4 Å². The van der Waals surface area contributed by atoms with Crippen LogP contribution < -0.4 is 5.32 Å². The molecular formula is C16H20ClN3O. The fourth-order valence-corrected chi connectivity index (χ4v) is 3.36. The summed E-state index contributed by atoms with van der Waals surface area (Å²) in [5.74, 6) is 1.32. The molecule has 1 aromatic heterocycles. The summed E-state index contributed by atoms with van der Waals surface area (Å²) in [5, 5.41) is 8.27. The van der Waals surface area contributed by atoms with Crippen LogP contribution in [0.25, 0.3) is 11.4 Å². The molecule has 4 nitrogen and oxygen atoms in total. The molecule has 0 amide bonds. The Morgan fingerprint density at radius 2 is 2.24 bits per heavy atom. The first-order chi connectivity index (χ1) is 10.2. The van der Waals surface area contributed by atoms with Crippen LogP contribution in [0, 0.1) is 0 Å². The minimum Gasteiger partial charge on any atom is -0.338 e. The molecule has 1 unspecified atom stereocenters.